The first kappa shape index (κ1) is 19.6. The first-order chi connectivity index (χ1) is 12.5. The number of benzene rings is 1. The average molecular weight is 382 g/mol. The number of rotatable bonds is 8. The largest absolute Gasteiger partial charge is 0.467 e. The third kappa shape index (κ3) is 4.88. The molecule has 0 radical (unpaired) electrons. The fourth-order valence-corrected chi connectivity index (χ4v) is 2.72. The first-order valence-corrected chi connectivity index (χ1v) is 8.99. The van der Waals surface area contributed by atoms with E-state index >= 15 is 0 Å². The maximum absolute atomic E-state index is 12.1. The topological polar surface area (TPSA) is 117 Å². The van der Waals surface area contributed by atoms with Gasteiger partial charge < -0.3 is 19.5 Å². The van der Waals surface area contributed by atoms with Crippen LogP contribution in [-0.2, 0) is 14.3 Å². The summed E-state index contributed by atoms with van der Waals surface area (Å²) >= 11 is 1.53. The third-order valence-electron chi connectivity index (χ3n) is 3.55. The minimum absolute atomic E-state index is 0.0175. The molecule has 1 aromatic carbocycles. The lowest BCUT2D eigenvalue weighted by molar-refractivity contribution is -0.385. The molecule has 1 aromatic rings. The van der Waals surface area contributed by atoms with E-state index in [2.05, 4.69) is 10.1 Å². The Morgan fingerprint density at radius 3 is 2.73 bits per heavy atom. The molecule has 1 N–H and O–H groups in total. The molecule has 0 fully saturated rings. The molecular formula is C16H18N2O7S. The minimum atomic E-state index is -0.781. The van der Waals surface area contributed by atoms with Crippen molar-refractivity contribution in [3.63, 3.8) is 0 Å². The van der Waals surface area contributed by atoms with Gasteiger partial charge in [-0.3, -0.25) is 14.9 Å². The number of methoxy groups -OCH3 is 1. The fraction of sp³-hybridized carbons (Fsp3) is 0.375. The molecule has 0 aliphatic carbocycles. The van der Waals surface area contributed by atoms with E-state index in [1.807, 2.05) is 6.26 Å². The summed E-state index contributed by atoms with van der Waals surface area (Å²) in [6.07, 6.45) is 4.71. The van der Waals surface area contributed by atoms with Gasteiger partial charge >= 0.3 is 5.97 Å². The van der Waals surface area contributed by atoms with Crippen molar-refractivity contribution in [3.05, 3.63) is 33.9 Å². The van der Waals surface area contributed by atoms with Gasteiger partial charge in [0.25, 0.3) is 5.69 Å². The standard InChI is InChI=1S/C16H18N2O7S/c1-23-16(20)11(5-6-26-2)17-15(19)4-3-10-7-13-14(25-9-24-13)8-12(10)18(21)22/h3-4,7-8,11H,5-6,9H2,1-2H3,(H,17,19). The molecule has 0 bridgehead atoms. The van der Waals surface area contributed by atoms with Crippen LogP contribution < -0.4 is 14.8 Å². The zero-order valence-electron chi connectivity index (χ0n) is 14.2. The van der Waals surface area contributed by atoms with Crippen molar-refractivity contribution < 1.29 is 28.7 Å². The SMILES string of the molecule is COC(=O)C(CCSC)NC(=O)C=Cc1cc2c(cc1[N+](=O)[O-])OCO2. The van der Waals surface area contributed by atoms with E-state index in [4.69, 9.17) is 9.47 Å². The van der Waals surface area contributed by atoms with Gasteiger partial charge in [-0.1, -0.05) is 0 Å². The van der Waals surface area contributed by atoms with Crippen molar-refractivity contribution in [1.29, 1.82) is 0 Å². The normalized spacial score (nSPS) is 13.5. The maximum atomic E-state index is 12.1. The van der Waals surface area contributed by atoms with Crippen LogP contribution in [0.4, 0.5) is 5.69 Å². The number of hydrogen-bond acceptors (Lipinski definition) is 8. The van der Waals surface area contributed by atoms with Crippen LogP contribution in [0.2, 0.25) is 0 Å². The molecule has 140 valence electrons. The highest BCUT2D eigenvalue weighted by atomic mass is 32.2. The van der Waals surface area contributed by atoms with Crippen LogP contribution in [-0.4, -0.2) is 48.8 Å². The monoisotopic (exact) mass is 382 g/mol. The van der Waals surface area contributed by atoms with Gasteiger partial charge in [0.2, 0.25) is 12.7 Å². The number of nitro benzene ring substituents is 1. The number of thioether (sulfide) groups is 1. The van der Waals surface area contributed by atoms with Gasteiger partial charge in [0.1, 0.15) is 6.04 Å². The predicted molar refractivity (Wildman–Crippen MR) is 95.2 cm³/mol. The number of carbonyl (C=O) groups excluding carboxylic acids is 2. The Morgan fingerprint density at radius 2 is 2.12 bits per heavy atom. The van der Waals surface area contributed by atoms with Crippen molar-refractivity contribution in [2.75, 3.05) is 25.9 Å². The summed E-state index contributed by atoms with van der Waals surface area (Å²) in [6, 6.07) is 1.89. The van der Waals surface area contributed by atoms with E-state index in [0.29, 0.717) is 17.9 Å². The van der Waals surface area contributed by atoms with E-state index in [0.717, 1.165) is 6.08 Å². The van der Waals surface area contributed by atoms with Gasteiger partial charge in [-0.15, -0.1) is 0 Å². The van der Waals surface area contributed by atoms with Crippen LogP contribution in [0.3, 0.4) is 0 Å². The van der Waals surface area contributed by atoms with Gasteiger partial charge in [-0.25, -0.2) is 4.79 Å². The number of fused-ring (bicyclic) bond motifs is 1. The number of esters is 1. The summed E-state index contributed by atoms with van der Waals surface area (Å²) in [5.41, 5.74) is -0.0293. The summed E-state index contributed by atoms with van der Waals surface area (Å²) in [5, 5.41) is 13.7. The number of amides is 1. The predicted octanol–water partition coefficient (Wildman–Crippen LogP) is 1.75. The Balaban J connectivity index is 2.14. The molecule has 0 saturated heterocycles. The molecule has 9 nitrogen and oxygen atoms in total. The molecule has 0 aromatic heterocycles. The Kier molecular flexibility index (Phi) is 6.84. The second-order valence-electron chi connectivity index (χ2n) is 5.22. The number of nitrogens with zero attached hydrogens (tertiary/aromatic N) is 1. The van der Waals surface area contributed by atoms with Gasteiger partial charge in [0.15, 0.2) is 11.5 Å². The van der Waals surface area contributed by atoms with Crippen molar-refractivity contribution in [2.24, 2.45) is 0 Å². The van der Waals surface area contributed by atoms with Crippen molar-refractivity contribution in [1.82, 2.24) is 5.32 Å². The molecule has 10 heteroatoms. The summed E-state index contributed by atoms with van der Waals surface area (Å²) in [5.74, 6) is 0.199. The number of nitrogens with one attached hydrogen (secondary N) is 1. The van der Waals surface area contributed by atoms with Crippen LogP contribution in [0, 0.1) is 10.1 Å². The molecular weight excluding hydrogens is 364 g/mol. The molecule has 0 spiro atoms. The second-order valence-corrected chi connectivity index (χ2v) is 6.21. The Bertz CT molecular complexity index is 736. The van der Waals surface area contributed by atoms with Crippen LogP contribution in [0.15, 0.2) is 18.2 Å². The quantitative estimate of drug-likeness (QED) is 0.313. The third-order valence-corrected chi connectivity index (χ3v) is 4.19. The van der Waals surface area contributed by atoms with Crippen molar-refractivity contribution >= 4 is 35.4 Å². The van der Waals surface area contributed by atoms with Crippen molar-refractivity contribution in [2.45, 2.75) is 12.5 Å². The van der Waals surface area contributed by atoms with E-state index in [1.54, 1.807) is 0 Å². The smallest absolute Gasteiger partial charge is 0.328 e. The first-order valence-electron chi connectivity index (χ1n) is 7.59. The second kappa shape index (κ2) is 9.09. The Morgan fingerprint density at radius 1 is 1.42 bits per heavy atom. The Labute approximate surface area is 153 Å². The highest BCUT2D eigenvalue weighted by Gasteiger charge is 2.23. The zero-order chi connectivity index (χ0) is 19.1. The summed E-state index contributed by atoms with van der Waals surface area (Å²) in [7, 11) is 1.24. The number of hydrogen-bond donors (Lipinski definition) is 1. The molecule has 26 heavy (non-hydrogen) atoms. The molecule has 1 aliphatic heterocycles. The lowest BCUT2D eigenvalue weighted by Crippen LogP contribution is -2.41. The molecule has 1 atom stereocenters. The molecule has 1 aliphatic rings. The lowest BCUT2D eigenvalue weighted by Gasteiger charge is -2.14. The van der Waals surface area contributed by atoms with E-state index in [9.17, 15) is 19.7 Å². The van der Waals surface area contributed by atoms with Gasteiger partial charge in [-0.05, 0) is 30.6 Å². The highest BCUT2D eigenvalue weighted by molar-refractivity contribution is 7.98. The van der Waals surface area contributed by atoms with Crippen LogP contribution in [0.5, 0.6) is 11.5 Å². The van der Waals surface area contributed by atoms with Crippen LogP contribution in [0.1, 0.15) is 12.0 Å². The van der Waals surface area contributed by atoms with E-state index in [-0.39, 0.29) is 23.8 Å². The van der Waals surface area contributed by atoms with E-state index < -0.39 is 22.8 Å². The molecule has 1 unspecified atom stereocenters. The Hall–Kier alpha value is -2.75. The van der Waals surface area contributed by atoms with Gasteiger partial charge in [0, 0.05) is 6.08 Å². The van der Waals surface area contributed by atoms with E-state index in [1.165, 1.54) is 37.1 Å². The van der Waals surface area contributed by atoms with Crippen LogP contribution >= 0.6 is 11.8 Å². The minimum Gasteiger partial charge on any atom is -0.467 e. The number of ether oxygens (including phenoxy) is 3. The molecule has 1 heterocycles. The van der Waals surface area contributed by atoms with Crippen molar-refractivity contribution in [3.8, 4) is 11.5 Å². The van der Waals surface area contributed by atoms with Crippen LogP contribution in [0.25, 0.3) is 6.08 Å². The fourth-order valence-electron chi connectivity index (χ4n) is 2.25. The number of nitro groups is 1. The average Bonchev–Trinajstić information content (AvgIpc) is 3.09. The molecule has 2 rings (SSSR count). The number of carbonyl (C=O) groups is 2. The molecule has 1 amide bonds. The summed E-state index contributed by atoms with van der Waals surface area (Å²) in [4.78, 5) is 34.4. The zero-order valence-corrected chi connectivity index (χ0v) is 15.0. The highest BCUT2D eigenvalue weighted by Crippen LogP contribution is 2.38. The van der Waals surface area contributed by atoms with Gasteiger partial charge in [-0.2, -0.15) is 11.8 Å². The summed E-state index contributed by atoms with van der Waals surface area (Å²) < 4.78 is 15.0. The summed E-state index contributed by atoms with van der Waals surface area (Å²) in [6.45, 7) is -0.0175. The lowest BCUT2D eigenvalue weighted by atomic mass is 10.1. The maximum Gasteiger partial charge on any atom is 0.328 e. The molecule has 0 saturated carbocycles. The van der Waals surface area contributed by atoms with Gasteiger partial charge in [0.05, 0.1) is 23.7 Å².